The summed E-state index contributed by atoms with van der Waals surface area (Å²) in [6, 6.07) is 13.6. The van der Waals surface area contributed by atoms with E-state index >= 15 is 0 Å². The summed E-state index contributed by atoms with van der Waals surface area (Å²) in [5.74, 6) is -4.79. The maximum Gasteiger partial charge on any atom is 0.317 e. The molecule has 0 spiro atoms. The molecule has 0 amide bonds. The largest absolute Gasteiger partial charge is 0.465 e. The molecule has 0 heterocycles. The molecule has 0 aliphatic heterocycles. The maximum absolute atomic E-state index is 12.4. The summed E-state index contributed by atoms with van der Waals surface area (Å²) in [6.07, 6.45) is 0. The van der Waals surface area contributed by atoms with Gasteiger partial charge in [0.1, 0.15) is 29.4 Å². The van der Waals surface area contributed by atoms with Gasteiger partial charge in [-0.2, -0.15) is 15.8 Å². The topological polar surface area (TPSA) is 141 Å². The van der Waals surface area contributed by atoms with E-state index in [0.717, 1.165) is 0 Å². The standard InChI is InChI=1S/C19H18N4O3/c1-3-26-19(25)16(12(2)24)17(13-7-5-4-6-8-13)15(11-22)18(23)14(9-20)10-21/h4-8,15-17H,3,23H2,1-2H3. The molecule has 1 aromatic rings. The maximum atomic E-state index is 12.4. The molecule has 0 saturated heterocycles. The Balaban J connectivity index is 3.66. The first kappa shape index (κ1) is 20.4. The summed E-state index contributed by atoms with van der Waals surface area (Å²) < 4.78 is 5.00. The van der Waals surface area contributed by atoms with Crippen molar-refractivity contribution in [3.05, 3.63) is 47.2 Å². The van der Waals surface area contributed by atoms with Crippen LogP contribution in [0.3, 0.4) is 0 Å². The molecular weight excluding hydrogens is 332 g/mol. The van der Waals surface area contributed by atoms with Gasteiger partial charge in [0.05, 0.1) is 24.3 Å². The number of carbonyl (C=O) groups is 2. The highest BCUT2D eigenvalue weighted by molar-refractivity contribution is 5.99. The van der Waals surface area contributed by atoms with Crippen LogP contribution in [0.2, 0.25) is 0 Å². The van der Waals surface area contributed by atoms with Gasteiger partial charge in [0, 0.05) is 5.92 Å². The Labute approximate surface area is 151 Å². The number of allylic oxidation sites excluding steroid dienone is 2. The van der Waals surface area contributed by atoms with Gasteiger partial charge in [-0.05, 0) is 19.4 Å². The molecule has 0 radical (unpaired) electrons. The summed E-state index contributed by atoms with van der Waals surface area (Å²) in [5, 5.41) is 27.8. The predicted molar refractivity (Wildman–Crippen MR) is 91.5 cm³/mol. The fourth-order valence-corrected chi connectivity index (χ4v) is 2.70. The second kappa shape index (κ2) is 9.61. The smallest absolute Gasteiger partial charge is 0.317 e. The van der Waals surface area contributed by atoms with Crippen LogP contribution in [-0.2, 0) is 14.3 Å². The third-order valence-corrected chi connectivity index (χ3v) is 3.87. The quantitative estimate of drug-likeness (QED) is 0.450. The van der Waals surface area contributed by atoms with Crippen LogP contribution in [0.5, 0.6) is 0 Å². The third-order valence-electron chi connectivity index (χ3n) is 3.87. The van der Waals surface area contributed by atoms with E-state index in [1.807, 2.05) is 6.07 Å². The Morgan fingerprint density at radius 1 is 1.15 bits per heavy atom. The average molecular weight is 350 g/mol. The van der Waals surface area contributed by atoms with Gasteiger partial charge in [0.2, 0.25) is 0 Å². The molecule has 0 bridgehead atoms. The Morgan fingerprint density at radius 3 is 2.15 bits per heavy atom. The Kier molecular flexibility index (Phi) is 7.55. The number of nitrogens with zero attached hydrogens (tertiary/aromatic N) is 3. The number of carbonyl (C=O) groups excluding carboxylic acids is 2. The van der Waals surface area contributed by atoms with E-state index in [-0.39, 0.29) is 12.3 Å². The van der Waals surface area contributed by atoms with E-state index < -0.39 is 35.1 Å². The van der Waals surface area contributed by atoms with Gasteiger partial charge in [-0.15, -0.1) is 0 Å². The second-order valence-electron chi connectivity index (χ2n) is 5.44. The Morgan fingerprint density at radius 2 is 1.73 bits per heavy atom. The van der Waals surface area contributed by atoms with Crippen molar-refractivity contribution in [3.63, 3.8) is 0 Å². The zero-order valence-electron chi connectivity index (χ0n) is 14.5. The molecule has 2 N–H and O–H groups in total. The third kappa shape index (κ3) is 4.47. The van der Waals surface area contributed by atoms with Crippen LogP contribution in [0.1, 0.15) is 25.3 Å². The minimum Gasteiger partial charge on any atom is -0.465 e. The number of nitriles is 3. The molecule has 0 saturated carbocycles. The van der Waals surface area contributed by atoms with Crippen molar-refractivity contribution in [3.8, 4) is 18.2 Å². The molecule has 3 unspecified atom stereocenters. The van der Waals surface area contributed by atoms with E-state index in [9.17, 15) is 14.9 Å². The molecule has 26 heavy (non-hydrogen) atoms. The van der Waals surface area contributed by atoms with Crippen molar-refractivity contribution < 1.29 is 14.3 Å². The minimum absolute atomic E-state index is 0.0638. The second-order valence-corrected chi connectivity index (χ2v) is 5.44. The van der Waals surface area contributed by atoms with Gasteiger partial charge in [-0.25, -0.2) is 0 Å². The van der Waals surface area contributed by atoms with Crippen LogP contribution < -0.4 is 5.73 Å². The molecule has 1 aromatic carbocycles. The molecule has 0 aliphatic carbocycles. The molecule has 0 aliphatic rings. The van der Waals surface area contributed by atoms with Crippen LogP contribution in [0.25, 0.3) is 0 Å². The van der Waals surface area contributed by atoms with E-state index in [4.69, 9.17) is 21.0 Å². The summed E-state index contributed by atoms with van der Waals surface area (Å²) >= 11 is 0. The summed E-state index contributed by atoms with van der Waals surface area (Å²) in [5.41, 5.74) is 5.69. The van der Waals surface area contributed by atoms with E-state index in [0.29, 0.717) is 5.56 Å². The summed E-state index contributed by atoms with van der Waals surface area (Å²) in [7, 11) is 0. The van der Waals surface area contributed by atoms with Crippen LogP contribution in [0.15, 0.2) is 41.6 Å². The van der Waals surface area contributed by atoms with Gasteiger partial charge in [-0.3, -0.25) is 9.59 Å². The first-order chi connectivity index (χ1) is 12.4. The first-order valence-corrected chi connectivity index (χ1v) is 7.84. The SMILES string of the molecule is CCOC(=O)C(C(C)=O)C(c1ccccc1)C(C#N)C(N)=C(C#N)C#N. The number of esters is 1. The van der Waals surface area contributed by atoms with Gasteiger partial charge in [-0.1, -0.05) is 30.3 Å². The summed E-state index contributed by atoms with van der Waals surface area (Å²) in [4.78, 5) is 24.6. The van der Waals surface area contributed by atoms with Crippen LogP contribution in [0.4, 0.5) is 0 Å². The van der Waals surface area contributed by atoms with Gasteiger partial charge in [0.15, 0.2) is 0 Å². The lowest BCUT2D eigenvalue weighted by molar-refractivity contribution is -0.152. The number of hydrogen-bond donors (Lipinski definition) is 1. The highest BCUT2D eigenvalue weighted by Gasteiger charge is 2.41. The molecule has 0 fully saturated rings. The van der Waals surface area contributed by atoms with E-state index in [2.05, 4.69) is 0 Å². The molecule has 1 rings (SSSR count). The number of hydrogen-bond acceptors (Lipinski definition) is 7. The van der Waals surface area contributed by atoms with Crippen LogP contribution in [-0.4, -0.2) is 18.4 Å². The number of Topliss-reactive ketones (excluding diaryl/α,β-unsaturated/α-hetero) is 1. The Bertz CT molecular complexity index is 809. The number of ketones is 1. The number of ether oxygens (including phenoxy) is 1. The van der Waals surface area contributed by atoms with Crippen molar-refractivity contribution in [2.24, 2.45) is 17.6 Å². The first-order valence-electron chi connectivity index (χ1n) is 7.84. The van der Waals surface area contributed by atoms with Crippen molar-refractivity contribution in [1.82, 2.24) is 0 Å². The number of benzene rings is 1. The monoisotopic (exact) mass is 350 g/mol. The fourth-order valence-electron chi connectivity index (χ4n) is 2.70. The summed E-state index contributed by atoms with van der Waals surface area (Å²) in [6.45, 7) is 2.89. The lowest BCUT2D eigenvalue weighted by Gasteiger charge is -2.28. The normalized spacial score (nSPS) is 13.0. The highest BCUT2D eigenvalue weighted by Crippen LogP contribution is 2.37. The molecule has 3 atom stereocenters. The highest BCUT2D eigenvalue weighted by atomic mass is 16.5. The fraction of sp³-hybridized carbons (Fsp3) is 0.316. The van der Waals surface area contributed by atoms with Gasteiger partial charge < -0.3 is 10.5 Å². The van der Waals surface area contributed by atoms with E-state index in [1.165, 1.54) is 6.92 Å². The van der Waals surface area contributed by atoms with E-state index in [1.54, 1.807) is 49.4 Å². The van der Waals surface area contributed by atoms with Crippen molar-refractivity contribution in [1.29, 1.82) is 15.8 Å². The molecule has 0 aromatic heterocycles. The molecule has 7 nitrogen and oxygen atoms in total. The number of rotatable bonds is 7. The van der Waals surface area contributed by atoms with Crippen LogP contribution >= 0.6 is 0 Å². The lowest BCUT2D eigenvalue weighted by Crippen LogP contribution is -2.36. The lowest BCUT2D eigenvalue weighted by atomic mass is 9.74. The van der Waals surface area contributed by atoms with Gasteiger partial charge in [0.25, 0.3) is 0 Å². The minimum atomic E-state index is -1.29. The molecule has 132 valence electrons. The average Bonchev–Trinajstić information content (AvgIpc) is 2.63. The molecule has 7 heteroatoms. The zero-order chi connectivity index (χ0) is 19.7. The zero-order valence-corrected chi connectivity index (χ0v) is 14.5. The Hall–Kier alpha value is -3.63. The van der Waals surface area contributed by atoms with Crippen molar-refractivity contribution in [2.75, 3.05) is 6.61 Å². The van der Waals surface area contributed by atoms with Crippen molar-refractivity contribution >= 4 is 11.8 Å². The number of nitrogens with two attached hydrogens (primary N) is 1. The van der Waals surface area contributed by atoms with Crippen LogP contribution in [0, 0.1) is 45.8 Å². The predicted octanol–water partition coefficient (Wildman–Crippen LogP) is 1.94. The van der Waals surface area contributed by atoms with Gasteiger partial charge >= 0.3 is 5.97 Å². The molecular formula is C19H18N4O3. The van der Waals surface area contributed by atoms with Crippen molar-refractivity contribution in [2.45, 2.75) is 19.8 Å².